The molecule has 1 fully saturated rings. The number of aryl methyl sites for hydroxylation is 1. The number of nitrogens with zero attached hydrogens (tertiary/aromatic N) is 5. The van der Waals surface area contributed by atoms with Crippen LogP contribution in [0.1, 0.15) is 27.9 Å². The predicted octanol–water partition coefficient (Wildman–Crippen LogP) is 4.34. The average Bonchev–Trinajstić information content (AvgIpc) is 3.21. The molecule has 5 rings (SSSR count). The molecule has 0 saturated carbocycles. The maximum atomic E-state index is 13.0. The van der Waals surface area contributed by atoms with Crippen LogP contribution in [0.3, 0.4) is 0 Å². The van der Waals surface area contributed by atoms with Crippen molar-refractivity contribution in [2.24, 2.45) is 0 Å². The molecule has 0 unspecified atom stereocenters. The predicted molar refractivity (Wildman–Crippen MR) is 158 cm³/mol. The van der Waals surface area contributed by atoms with Crippen LogP contribution in [-0.4, -0.2) is 75.1 Å². The van der Waals surface area contributed by atoms with Gasteiger partial charge < -0.3 is 15.7 Å². The van der Waals surface area contributed by atoms with Gasteiger partial charge in [0.2, 0.25) is 5.95 Å². The number of aliphatic hydroxyl groups excluding tert-OH is 1. The van der Waals surface area contributed by atoms with E-state index in [0.29, 0.717) is 17.2 Å². The number of amides is 1. The van der Waals surface area contributed by atoms with Gasteiger partial charge in [0.15, 0.2) is 0 Å². The van der Waals surface area contributed by atoms with Gasteiger partial charge in [-0.1, -0.05) is 18.2 Å². The Morgan fingerprint density at radius 2 is 1.80 bits per heavy atom. The number of β-amino-alcohol motifs (C(OH)–C–C–N with tert-alkyl or cyclic N) is 1. The quantitative estimate of drug-likeness (QED) is 0.290. The highest BCUT2D eigenvalue weighted by Gasteiger charge is 2.15. The molecule has 4 aromatic rings. The van der Waals surface area contributed by atoms with Gasteiger partial charge in [-0.25, -0.2) is 9.97 Å². The van der Waals surface area contributed by atoms with Crippen LogP contribution >= 0.6 is 0 Å². The highest BCUT2D eigenvalue weighted by molar-refractivity contribution is 6.04. The van der Waals surface area contributed by atoms with E-state index in [-0.39, 0.29) is 12.5 Å². The lowest BCUT2D eigenvalue weighted by atomic mass is 10.1. The number of benzene rings is 2. The summed E-state index contributed by atoms with van der Waals surface area (Å²) in [6.07, 6.45) is 6.30. The highest BCUT2D eigenvalue weighted by atomic mass is 16.3. The van der Waals surface area contributed by atoms with E-state index in [0.717, 1.165) is 68.2 Å². The molecule has 0 bridgehead atoms. The maximum Gasteiger partial charge on any atom is 0.255 e. The first-order valence-electron chi connectivity index (χ1n) is 13.6. The summed E-state index contributed by atoms with van der Waals surface area (Å²) < 4.78 is 0. The van der Waals surface area contributed by atoms with Crippen LogP contribution in [0.15, 0.2) is 79.3 Å². The van der Waals surface area contributed by atoms with E-state index in [2.05, 4.69) is 35.4 Å². The number of nitrogens with one attached hydrogen (secondary N) is 2. The second kappa shape index (κ2) is 13.3. The Balaban J connectivity index is 1.20. The van der Waals surface area contributed by atoms with E-state index in [1.807, 2.05) is 67.6 Å². The number of rotatable bonds is 9. The topological polar surface area (TPSA) is 107 Å². The molecule has 0 atom stereocenters. The van der Waals surface area contributed by atoms with E-state index in [1.165, 1.54) is 5.56 Å². The SMILES string of the molecule is Cc1ccc(NC(=O)c2ccc(CN3CCCN(CCO)CC3)cc2)cc1Nc1nccc(-c2cccnc2)n1. The van der Waals surface area contributed by atoms with Crippen molar-refractivity contribution in [2.75, 3.05) is 50.0 Å². The van der Waals surface area contributed by atoms with E-state index in [4.69, 9.17) is 0 Å². The van der Waals surface area contributed by atoms with Crippen LogP contribution in [0.25, 0.3) is 11.3 Å². The number of pyridine rings is 1. The molecule has 2 aromatic heterocycles. The normalized spacial score (nSPS) is 14.4. The van der Waals surface area contributed by atoms with Crippen molar-refractivity contribution >= 4 is 23.2 Å². The lowest BCUT2D eigenvalue weighted by Crippen LogP contribution is -2.32. The summed E-state index contributed by atoms with van der Waals surface area (Å²) in [5.41, 5.74) is 5.97. The van der Waals surface area contributed by atoms with Crippen LogP contribution in [0.2, 0.25) is 0 Å². The van der Waals surface area contributed by atoms with Gasteiger partial charge in [-0.05, 0) is 80.0 Å². The van der Waals surface area contributed by atoms with Gasteiger partial charge in [0, 0.05) is 67.3 Å². The van der Waals surface area contributed by atoms with Crippen LogP contribution in [0.4, 0.5) is 17.3 Å². The summed E-state index contributed by atoms with van der Waals surface area (Å²) in [5.74, 6) is 0.305. The first-order chi connectivity index (χ1) is 19.6. The smallest absolute Gasteiger partial charge is 0.255 e. The molecule has 1 aliphatic rings. The largest absolute Gasteiger partial charge is 0.395 e. The number of carbonyl (C=O) groups is 1. The zero-order valence-electron chi connectivity index (χ0n) is 22.8. The van der Waals surface area contributed by atoms with Crippen molar-refractivity contribution in [3.05, 3.63) is 95.9 Å². The van der Waals surface area contributed by atoms with Crippen molar-refractivity contribution in [3.8, 4) is 11.3 Å². The summed E-state index contributed by atoms with van der Waals surface area (Å²) in [6.45, 7) is 7.80. The minimum absolute atomic E-state index is 0.161. The number of aromatic nitrogens is 3. The molecule has 1 aliphatic heterocycles. The Morgan fingerprint density at radius 1 is 0.975 bits per heavy atom. The highest BCUT2D eigenvalue weighted by Crippen LogP contribution is 2.25. The first-order valence-corrected chi connectivity index (χ1v) is 13.6. The molecule has 3 N–H and O–H groups in total. The molecular formula is C31H35N7O2. The van der Waals surface area contributed by atoms with Gasteiger partial charge in [-0.2, -0.15) is 0 Å². The second-order valence-corrected chi connectivity index (χ2v) is 10.0. The zero-order chi connectivity index (χ0) is 27.7. The number of aliphatic hydroxyl groups is 1. The molecule has 206 valence electrons. The third-order valence-electron chi connectivity index (χ3n) is 7.07. The van der Waals surface area contributed by atoms with Crippen LogP contribution in [-0.2, 0) is 6.54 Å². The van der Waals surface area contributed by atoms with E-state index in [9.17, 15) is 9.90 Å². The molecular weight excluding hydrogens is 502 g/mol. The van der Waals surface area contributed by atoms with Gasteiger partial charge in [-0.15, -0.1) is 0 Å². The third-order valence-corrected chi connectivity index (χ3v) is 7.07. The Morgan fingerprint density at radius 3 is 2.60 bits per heavy atom. The van der Waals surface area contributed by atoms with Gasteiger partial charge in [0.05, 0.1) is 12.3 Å². The van der Waals surface area contributed by atoms with Gasteiger partial charge in [0.25, 0.3) is 5.91 Å². The monoisotopic (exact) mass is 537 g/mol. The maximum absolute atomic E-state index is 13.0. The van der Waals surface area contributed by atoms with Crippen LogP contribution in [0, 0.1) is 6.92 Å². The van der Waals surface area contributed by atoms with Crippen molar-refractivity contribution in [3.63, 3.8) is 0 Å². The number of anilines is 3. The molecule has 40 heavy (non-hydrogen) atoms. The van der Waals surface area contributed by atoms with E-state index >= 15 is 0 Å². The summed E-state index contributed by atoms with van der Waals surface area (Å²) in [7, 11) is 0. The summed E-state index contributed by atoms with van der Waals surface area (Å²) in [4.78, 5) is 30.9. The van der Waals surface area contributed by atoms with Crippen LogP contribution < -0.4 is 10.6 Å². The molecule has 0 aliphatic carbocycles. The summed E-state index contributed by atoms with van der Waals surface area (Å²) in [5, 5.41) is 15.5. The Hall–Kier alpha value is -4.18. The Bertz CT molecular complexity index is 1410. The van der Waals surface area contributed by atoms with E-state index < -0.39 is 0 Å². The second-order valence-electron chi connectivity index (χ2n) is 10.0. The molecule has 1 saturated heterocycles. The molecule has 0 radical (unpaired) electrons. The fourth-order valence-corrected chi connectivity index (χ4v) is 4.82. The van der Waals surface area contributed by atoms with Crippen molar-refractivity contribution < 1.29 is 9.90 Å². The van der Waals surface area contributed by atoms with Gasteiger partial charge >= 0.3 is 0 Å². The van der Waals surface area contributed by atoms with Gasteiger partial charge in [-0.3, -0.25) is 19.6 Å². The van der Waals surface area contributed by atoms with E-state index in [1.54, 1.807) is 18.6 Å². The fourth-order valence-electron chi connectivity index (χ4n) is 4.82. The van der Waals surface area contributed by atoms with Crippen LogP contribution in [0.5, 0.6) is 0 Å². The zero-order valence-corrected chi connectivity index (χ0v) is 22.8. The first kappa shape index (κ1) is 27.4. The molecule has 0 spiro atoms. The molecule has 3 heterocycles. The number of hydrogen-bond donors (Lipinski definition) is 3. The Kier molecular flexibility index (Phi) is 9.07. The van der Waals surface area contributed by atoms with Crippen molar-refractivity contribution in [1.82, 2.24) is 24.8 Å². The minimum Gasteiger partial charge on any atom is -0.395 e. The molecule has 1 amide bonds. The Labute approximate surface area is 234 Å². The lowest BCUT2D eigenvalue weighted by molar-refractivity contribution is 0.102. The third kappa shape index (κ3) is 7.26. The lowest BCUT2D eigenvalue weighted by Gasteiger charge is -2.21. The summed E-state index contributed by atoms with van der Waals surface area (Å²) in [6, 6.07) is 19.2. The van der Waals surface area contributed by atoms with Gasteiger partial charge in [0.1, 0.15) is 0 Å². The fraction of sp³-hybridized carbons (Fsp3) is 0.290. The van der Waals surface area contributed by atoms with Crippen molar-refractivity contribution in [1.29, 1.82) is 0 Å². The summed E-state index contributed by atoms with van der Waals surface area (Å²) >= 11 is 0. The number of carbonyl (C=O) groups excluding carboxylic acids is 1. The molecule has 9 nitrogen and oxygen atoms in total. The molecule has 9 heteroatoms. The average molecular weight is 538 g/mol. The number of hydrogen-bond acceptors (Lipinski definition) is 8. The molecule has 2 aromatic carbocycles. The standard InChI is InChI=1S/C31H35N7O2/c1-23-5-10-27(20-29(23)36-31-33-13-11-28(35-31)26-4-2-12-32-21-26)34-30(40)25-8-6-24(7-9-25)22-38-15-3-14-37(16-17-38)18-19-39/h2,4-13,20-21,39H,3,14-19,22H2,1H3,(H,34,40)(H,33,35,36). The van der Waals surface area contributed by atoms with Crippen molar-refractivity contribution in [2.45, 2.75) is 19.9 Å². The minimum atomic E-state index is -0.161.